The van der Waals surface area contributed by atoms with Gasteiger partial charge in [0.2, 0.25) is 0 Å². The molecule has 0 bridgehead atoms. The molecule has 2 rings (SSSR count). The highest BCUT2D eigenvalue weighted by Gasteiger charge is 2.10. The van der Waals surface area contributed by atoms with Crippen LogP contribution in [0.25, 0.3) is 0 Å². The third-order valence-electron chi connectivity index (χ3n) is 6.29. The van der Waals surface area contributed by atoms with E-state index in [1.807, 2.05) is 0 Å². The van der Waals surface area contributed by atoms with Gasteiger partial charge in [-0.2, -0.15) is 0 Å². The summed E-state index contributed by atoms with van der Waals surface area (Å²) in [5.74, 6) is -0.964. The molecule has 0 saturated carbocycles. The minimum absolute atomic E-state index is 0.396. The number of ether oxygens (including phenoxy) is 4. The van der Waals surface area contributed by atoms with Gasteiger partial charge in [0.25, 0.3) is 0 Å². The SMILES string of the molecule is O=C(/C=C/C(=O)OCCCCCCCN1CCOCC1)OCCCCCCCN1CCOCC1. The van der Waals surface area contributed by atoms with Gasteiger partial charge < -0.3 is 18.9 Å². The fourth-order valence-corrected chi connectivity index (χ4v) is 4.16. The number of unbranched alkanes of at least 4 members (excludes halogenated alkanes) is 8. The highest BCUT2D eigenvalue weighted by atomic mass is 16.5. The van der Waals surface area contributed by atoms with Gasteiger partial charge in [0, 0.05) is 38.3 Å². The van der Waals surface area contributed by atoms with E-state index in [4.69, 9.17) is 18.9 Å². The van der Waals surface area contributed by atoms with Crippen LogP contribution in [-0.4, -0.2) is 101 Å². The van der Waals surface area contributed by atoms with Crippen LogP contribution in [0.2, 0.25) is 0 Å². The molecular formula is C26H46N2O6. The van der Waals surface area contributed by atoms with Gasteiger partial charge in [-0.05, 0) is 38.8 Å². The monoisotopic (exact) mass is 482 g/mol. The highest BCUT2D eigenvalue weighted by molar-refractivity contribution is 5.91. The molecule has 0 spiro atoms. The Morgan fingerprint density at radius 3 is 1.32 bits per heavy atom. The van der Waals surface area contributed by atoms with E-state index in [1.165, 1.54) is 25.7 Å². The molecule has 0 aromatic rings. The molecule has 0 N–H and O–H groups in total. The van der Waals surface area contributed by atoms with Crippen LogP contribution < -0.4 is 0 Å². The van der Waals surface area contributed by atoms with E-state index in [0.29, 0.717) is 13.2 Å². The van der Waals surface area contributed by atoms with Gasteiger partial charge in [-0.1, -0.05) is 38.5 Å². The molecule has 2 heterocycles. The molecule has 0 amide bonds. The average Bonchev–Trinajstić information content (AvgIpc) is 2.87. The number of morpholine rings is 2. The fourth-order valence-electron chi connectivity index (χ4n) is 4.16. The minimum atomic E-state index is -0.482. The molecule has 0 aliphatic carbocycles. The van der Waals surface area contributed by atoms with E-state index in [1.54, 1.807) is 0 Å². The molecule has 0 radical (unpaired) electrons. The molecule has 8 heteroatoms. The van der Waals surface area contributed by atoms with Crippen molar-refractivity contribution in [3.63, 3.8) is 0 Å². The van der Waals surface area contributed by atoms with Gasteiger partial charge in [0.15, 0.2) is 0 Å². The zero-order chi connectivity index (χ0) is 24.1. The van der Waals surface area contributed by atoms with E-state index in [-0.39, 0.29) is 0 Å². The molecule has 2 fully saturated rings. The Kier molecular flexibility index (Phi) is 16.7. The molecule has 2 saturated heterocycles. The number of nitrogens with zero attached hydrogens (tertiary/aromatic N) is 2. The van der Waals surface area contributed by atoms with E-state index in [9.17, 15) is 9.59 Å². The van der Waals surface area contributed by atoms with Gasteiger partial charge in [-0.15, -0.1) is 0 Å². The molecule has 2 aliphatic heterocycles. The first-order valence-corrected chi connectivity index (χ1v) is 13.4. The molecule has 0 unspecified atom stereocenters. The van der Waals surface area contributed by atoms with Crippen LogP contribution in [0.3, 0.4) is 0 Å². The quantitative estimate of drug-likeness (QED) is 0.167. The second-order valence-corrected chi connectivity index (χ2v) is 9.11. The standard InChI is InChI=1S/C26H46N2O6/c29-25(33-19-9-5-1-3-7-13-27-15-21-31-22-16-27)11-12-26(30)34-20-10-6-2-4-8-14-28-17-23-32-24-18-28/h11-12H,1-10,13-24H2/b12-11+. The summed E-state index contributed by atoms with van der Waals surface area (Å²) in [6.07, 6.45) is 13.3. The van der Waals surface area contributed by atoms with Crippen LogP contribution in [0.4, 0.5) is 0 Å². The summed E-state index contributed by atoms with van der Waals surface area (Å²) >= 11 is 0. The van der Waals surface area contributed by atoms with E-state index in [2.05, 4.69) is 9.80 Å². The van der Waals surface area contributed by atoms with E-state index < -0.39 is 11.9 Å². The Labute approximate surface area is 205 Å². The number of hydrogen-bond donors (Lipinski definition) is 0. The highest BCUT2D eigenvalue weighted by Crippen LogP contribution is 2.07. The summed E-state index contributed by atoms with van der Waals surface area (Å²) in [6, 6.07) is 0. The third-order valence-corrected chi connectivity index (χ3v) is 6.29. The van der Waals surface area contributed by atoms with Crippen molar-refractivity contribution in [3.8, 4) is 0 Å². The third kappa shape index (κ3) is 15.4. The summed E-state index contributed by atoms with van der Waals surface area (Å²) < 4.78 is 21.0. The summed E-state index contributed by atoms with van der Waals surface area (Å²) in [5, 5.41) is 0. The minimum Gasteiger partial charge on any atom is -0.463 e. The second kappa shape index (κ2) is 19.8. The Balaban J connectivity index is 1.32. The Bertz CT molecular complexity index is 511. The van der Waals surface area contributed by atoms with Crippen molar-refractivity contribution in [2.24, 2.45) is 0 Å². The van der Waals surface area contributed by atoms with Crippen LogP contribution in [0.5, 0.6) is 0 Å². The van der Waals surface area contributed by atoms with Gasteiger partial charge in [0.05, 0.1) is 39.6 Å². The number of rotatable bonds is 18. The fraction of sp³-hybridized carbons (Fsp3) is 0.846. The normalized spacial score (nSPS) is 17.8. The van der Waals surface area contributed by atoms with Crippen molar-refractivity contribution in [2.45, 2.75) is 64.2 Å². The van der Waals surface area contributed by atoms with Crippen LogP contribution >= 0.6 is 0 Å². The van der Waals surface area contributed by atoms with Crippen molar-refractivity contribution in [1.82, 2.24) is 9.80 Å². The van der Waals surface area contributed by atoms with Crippen molar-refractivity contribution < 1.29 is 28.5 Å². The number of carbonyl (C=O) groups is 2. The lowest BCUT2D eigenvalue weighted by atomic mass is 10.1. The number of carbonyl (C=O) groups excluding carboxylic acids is 2. The lowest BCUT2D eigenvalue weighted by Gasteiger charge is -2.26. The molecule has 0 aromatic carbocycles. The first-order valence-electron chi connectivity index (χ1n) is 13.4. The Hall–Kier alpha value is -1.48. The molecule has 0 aromatic heterocycles. The van der Waals surface area contributed by atoms with Crippen molar-refractivity contribution in [1.29, 1.82) is 0 Å². The first kappa shape index (κ1) is 28.8. The number of esters is 2. The maximum atomic E-state index is 11.7. The molecule has 0 atom stereocenters. The zero-order valence-corrected chi connectivity index (χ0v) is 21.1. The smallest absolute Gasteiger partial charge is 0.331 e. The van der Waals surface area contributed by atoms with E-state index >= 15 is 0 Å². The maximum absolute atomic E-state index is 11.7. The van der Waals surface area contributed by atoms with Gasteiger partial charge in [-0.25, -0.2) is 9.59 Å². The van der Waals surface area contributed by atoms with Crippen LogP contribution in [-0.2, 0) is 28.5 Å². The summed E-state index contributed by atoms with van der Waals surface area (Å²) in [6.45, 7) is 10.7. The summed E-state index contributed by atoms with van der Waals surface area (Å²) in [4.78, 5) is 28.3. The number of hydrogen-bond acceptors (Lipinski definition) is 8. The molecule has 34 heavy (non-hydrogen) atoms. The molecule has 8 nitrogen and oxygen atoms in total. The molecule has 2 aliphatic rings. The maximum Gasteiger partial charge on any atom is 0.331 e. The van der Waals surface area contributed by atoms with Gasteiger partial charge in [0.1, 0.15) is 0 Å². The van der Waals surface area contributed by atoms with Crippen molar-refractivity contribution in [3.05, 3.63) is 12.2 Å². The average molecular weight is 483 g/mol. The Morgan fingerprint density at radius 2 is 0.912 bits per heavy atom. The Morgan fingerprint density at radius 1 is 0.559 bits per heavy atom. The topological polar surface area (TPSA) is 77.5 Å². The van der Waals surface area contributed by atoms with Crippen molar-refractivity contribution in [2.75, 3.05) is 78.9 Å². The van der Waals surface area contributed by atoms with Gasteiger partial charge >= 0.3 is 11.9 Å². The van der Waals surface area contributed by atoms with Crippen LogP contribution in [0.1, 0.15) is 64.2 Å². The predicted molar refractivity (Wildman–Crippen MR) is 132 cm³/mol. The predicted octanol–water partition coefficient (Wildman–Crippen LogP) is 3.19. The van der Waals surface area contributed by atoms with Crippen LogP contribution in [0.15, 0.2) is 12.2 Å². The molecular weight excluding hydrogens is 436 g/mol. The lowest BCUT2D eigenvalue weighted by molar-refractivity contribution is -0.140. The zero-order valence-electron chi connectivity index (χ0n) is 21.1. The molecule has 196 valence electrons. The first-order chi connectivity index (χ1) is 16.7. The lowest BCUT2D eigenvalue weighted by Crippen LogP contribution is -2.36. The van der Waals surface area contributed by atoms with E-state index in [0.717, 1.165) is 116 Å². The largest absolute Gasteiger partial charge is 0.463 e. The van der Waals surface area contributed by atoms with Gasteiger partial charge in [-0.3, -0.25) is 9.80 Å². The summed E-state index contributed by atoms with van der Waals surface area (Å²) in [7, 11) is 0. The van der Waals surface area contributed by atoms with Crippen molar-refractivity contribution >= 4 is 11.9 Å². The van der Waals surface area contributed by atoms with Crippen LogP contribution in [0, 0.1) is 0 Å². The second-order valence-electron chi connectivity index (χ2n) is 9.11. The summed E-state index contributed by atoms with van der Waals surface area (Å²) in [5.41, 5.74) is 0.